The molecule has 2 aliphatic rings. The summed E-state index contributed by atoms with van der Waals surface area (Å²) in [6, 6.07) is -0.916. The first-order chi connectivity index (χ1) is 16.0. The van der Waals surface area contributed by atoms with Crippen LogP contribution in [0.2, 0.25) is 0 Å². The van der Waals surface area contributed by atoms with E-state index in [1.807, 2.05) is 5.32 Å². The first kappa shape index (κ1) is 28.6. The maximum absolute atomic E-state index is 12.6. The number of carbonyl (C=O) groups is 1. The Balaban J connectivity index is 0.000000273. The summed E-state index contributed by atoms with van der Waals surface area (Å²) in [4.78, 5) is 16.9. The van der Waals surface area contributed by atoms with Crippen LogP contribution in [0.5, 0.6) is 0 Å². The third-order valence-corrected chi connectivity index (χ3v) is 5.10. The lowest BCUT2D eigenvalue weighted by atomic mass is 9.96. The Morgan fingerprint density at radius 3 is 2.17 bits per heavy atom. The van der Waals surface area contributed by atoms with Gasteiger partial charge >= 0.3 is 18.4 Å². The van der Waals surface area contributed by atoms with Crippen LogP contribution in [-0.2, 0) is 17.8 Å². The second-order valence-corrected chi connectivity index (χ2v) is 9.21. The van der Waals surface area contributed by atoms with Crippen LogP contribution < -0.4 is 11.1 Å². The van der Waals surface area contributed by atoms with Crippen molar-refractivity contribution in [3.63, 3.8) is 0 Å². The number of ether oxygens (including phenoxy) is 1. The number of nitrogens with two attached hydrogens (primary N) is 1. The van der Waals surface area contributed by atoms with Gasteiger partial charge < -0.3 is 20.7 Å². The highest BCUT2D eigenvalue weighted by atomic mass is 19.4. The summed E-state index contributed by atoms with van der Waals surface area (Å²) in [5.41, 5.74) is 5.71. The second kappa shape index (κ2) is 11.0. The van der Waals surface area contributed by atoms with Gasteiger partial charge in [-0.25, -0.2) is 14.3 Å². The minimum atomic E-state index is -4.45. The van der Waals surface area contributed by atoms with Crippen LogP contribution in [-0.4, -0.2) is 63.7 Å². The Hall–Kier alpha value is -2.61. The smallest absolute Gasteiger partial charge is 0.381 e. The molecule has 4 rings (SSSR count). The summed E-state index contributed by atoms with van der Waals surface area (Å²) < 4.78 is 78.9. The van der Waals surface area contributed by atoms with E-state index in [-0.39, 0.29) is 13.1 Å². The zero-order valence-corrected chi connectivity index (χ0v) is 19.9. The molecule has 2 amide bonds. The van der Waals surface area contributed by atoms with E-state index < -0.39 is 36.4 Å². The van der Waals surface area contributed by atoms with Crippen molar-refractivity contribution in [1.29, 1.82) is 0 Å². The predicted molar refractivity (Wildman–Crippen MR) is 115 cm³/mol. The molecule has 198 valence electrons. The number of halogens is 6. The van der Waals surface area contributed by atoms with E-state index in [4.69, 9.17) is 10.5 Å². The van der Waals surface area contributed by atoms with Crippen LogP contribution in [0, 0.1) is 5.41 Å². The number of imidazole rings is 1. The predicted octanol–water partition coefficient (Wildman–Crippen LogP) is 4.03. The maximum atomic E-state index is 12.6. The van der Waals surface area contributed by atoms with Gasteiger partial charge in [0.15, 0.2) is 5.65 Å². The fourth-order valence-electron chi connectivity index (χ4n) is 2.58. The number of methoxy groups -OCH3 is 1. The molecule has 1 saturated heterocycles. The number of urea groups is 1. The van der Waals surface area contributed by atoms with Gasteiger partial charge in [0.1, 0.15) is 6.04 Å². The third-order valence-electron chi connectivity index (χ3n) is 5.10. The summed E-state index contributed by atoms with van der Waals surface area (Å²) in [7, 11) is 1.76. The van der Waals surface area contributed by atoms with E-state index in [9.17, 15) is 31.1 Å². The molecule has 0 aromatic carbocycles. The molecule has 35 heavy (non-hydrogen) atoms. The highest BCUT2D eigenvalue weighted by Crippen LogP contribution is 2.36. The molecule has 1 aliphatic heterocycles. The average molecular weight is 512 g/mol. The zero-order chi connectivity index (χ0) is 26.6. The van der Waals surface area contributed by atoms with Crippen molar-refractivity contribution >= 4 is 11.7 Å². The van der Waals surface area contributed by atoms with Crippen molar-refractivity contribution in [3.8, 4) is 0 Å². The van der Waals surface area contributed by atoms with Crippen molar-refractivity contribution in [2.45, 2.75) is 71.2 Å². The van der Waals surface area contributed by atoms with Gasteiger partial charge in [-0.1, -0.05) is 20.8 Å². The molecule has 0 bridgehead atoms. The van der Waals surface area contributed by atoms with Gasteiger partial charge in [-0.2, -0.15) is 31.4 Å². The number of carbonyl (C=O) groups excluding carboxylic acids is 1. The summed E-state index contributed by atoms with van der Waals surface area (Å²) >= 11 is 0. The van der Waals surface area contributed by atoms with Crippen LogP contribution in [0.15, 0.2) is 18.5 Å². The van der Waals surface area contributed by atoms with Gasteiger partial charge in [0.25, 0.3) is 0 Å². The highest BCUT2D eigenvalue weighted by molar-refractivity contribution is 5.77. The Bertz CT molecular complexity index is 969. The number of hydrogen-bond acceptors (Lipinski definition) is 5. The molecule has 2 fully saturated rings. The quantitative estimate of drug-likeness (QED) is 0.603. The van der Waals surface area contributed by atoms with Gasteiger partial charge in [-0.05, 0) is 24.5 Å². The number of hydrogen-bond donors (Lipinski definition) is 2. The van der Waals surface area contributed by atoms with Crippen LogP contribution in [0.4, 0.5) is 31.1 Å². The number of nitrogens with zero attached hydrogens (tertiary/aromatic N) is 4. The first-order valence-electron chi connectivity index (χ1n) is 10.8. The molecule has 0 radical (unpaired) electrons. The number of rotatable bonds is 4. The van der Waals surface area contributed by atoms with E-state index in [1.165, 1.54) is 23.6 Å². The number of nitrogens with one attached hydrogen (secondary N) is 1. The molecule has 0 spiro atoms. The van der Waals surface area contributed by atoms with Crippen molar-refractivity contribution in [3.05, 3.63) is 29.7 Å². The zero-order valence-electron chi connectivity index (χ0n) is 19.9. The molecule has 2 aromatic rings. The fourth-order valence-corrected chi connectivity index (χ4v) is 2.58. The Labute approximate surface area is 198 Å². The van der Waals surface area contributed by atoms with Gasteiger partial charge in [-0.15, -0.1) is 0 Å². The SMILES string of the molecule is CC(C)(C)C(F)(F)F.COC1CC1.NCc1cn2ncc(CN3CC(C(F)(F)F)NC3=O)cc2n1. The summed E-state index contributed by atoms with van der Waals surface area (Å²) in [5.74, 6) is 0. The Morgan fingerprint density at radius 2 is 1.77 bits per heavy atom. The molecule has 1 aliphatic carbocycles. The summed E-state index contributed by atoms with van der Waals surface area (Å²) in [6.07, 6.45) is -2.15. The van der Waals surface area contributed by atoms with Gasteiger partial charge in [-0.3, -0.25) is 0 Å². The van der Waals surface area contributed by atoms with Crippen LogP contribution in [0.3, 0.4) is 0 Å². The molecule has 1 saturated carbocycles. The van der Waals surface area contributed by atoms with Crippen molar-refractivity contribution in [2.75, 3.05) is 13.7 Å². The molecule has 8 nitrogen and oxygen atoms in total. The van der Waals surface area contributed by atoms with Crippen LogP contribution >= 0.6 is 0 Å². The number of aromatic nitrogens is 3. The normalized spacial score (nSPS) is 18.5. The van der Waals surface area contributed by atoms with E-state index in [2.05, 4.69) is 10.1 Å². The average Bonchev–Trinajstić information content (AvgIpc) is 3.38. The minimum Gasteiger partial charge on any atom is -0.381 e. The van der Waals surface area contributed by atoms with Gasteiger partial charge in [0.2, 0.25) is 0 Å². The lowest BCUT2D eigenvalue weighted by Crippen LogP contribution is -2.40. The monoisotopic (exact) mass is 512 g/mol. The van der Waals surface area contributed by atoms with Crippen LogP contribution in [0.25, 0.3) is 5.65 Å². The molecule has 3 N–H and O–H groups in total. The molecule has 1 unspecified atom stereocenters. The topological polar surface area (TPSA) is 97.8 Å². The minimum absolute atomic E-state index is 0.0345. The first-order valence-corrected chi connectivity index (χ1v) is 10.8. The lowest BCUT2D eigenvalue weighted by molar-refractivity contribution is -0.204. The molecular formula is C21H30F6N6O2. The maximum Gasteiger partial charge on any atom is 0.410 e. The standard InChI is InChI=1S/C12H13F3N6O.C5H9F3.C4H8O/c13-12(14,15)9-6-20(11(22)19-9)4-7-1-10-18-8(2-16)5-21(10)17-3-7;1-4(2,3)5(6,7)8;1-5-4-2-3-4/h1,3,5,9H,2,4,6,16H2,(H,19,22);1-3H3;4H,2-3H2,1H3. The Kier molecular flexibility index (Phi) is 8.98. The molecule has 1 atom stereocenters. The second-order valence-electron chi connectivity index (χ2n) is 9.21. The molecular weight excluding hydrogens is 482 g/mol. The highest BCUT2D eigenvalue weighted by Gasteiger charge is 2.46. The van der Waals surface area contributed by atoms with Crippen molar-refractivity contribution < 1.29 is 35.9 Å². The molecule has 14 heteroatoms. The van der Waals surface area contributed by atoms with Crippen LogP contribution in [0.1, 0.15) is 44.9 Å². The largest absolute Gasteiger partial charge is 0.410 e. The number of amides is 2. The molecule has 3 heterocycles. The van der Waals surface area contributed by atoms with Gasteiger partial charge in [0, 0.05) is 20.2 Å². The van der Waals surface area contributed by atoms with E-state index in [1.54, 1.807) is 19.4 Å². The lowest BCUT2D eigenvalue weighted by Gasteiger charge is -2.21. The van der Waals surface area contributed by atoms with E-state index in [0.29, 0.717) is 23.0 Å². The van der Waals surface area contributed by atoms with E-state index in [0.717, 1.165) is 25.7 Å². The van der Waals surface area contributed by atoms with Crippen molar-refractivity contribution in [1.82, 2.24) is 24.8 Å². The Morgan fingerprint density at radius 1 is 1.17 bits per heavy atom. The summed E-state index contributed by atoms with van der Waals surface area (Å²) in [6.45, 7) is 3.32. The fraction of sp³-hybridized carbons (Fsp3) is 0.667. The van der Waals surface area contributed by atoms with Gasteiger partial charge in [0.05, 0.1) is 36.2 Å². The van der Waals surface area contributed by atoms with Crippen molar-refractivity contribution in [2.24, 2.45) is 11.1 Å². The molecule has 2 aromatic heterocycles. The summed E-state index contributed by atoms with van der Waals surface area (Å²) in [5, 5.41) is 6.02. The number of alkyl halides is 6. The van der Waals surface area contributed by atoms with E-state index >= 15 is 0 Å². The number of fused-ring (bicyclic) bond motifs is 1. The third kappa shape index (κ3) is 8.53.